The topological polar surface area (TPSA) is 75.2 Å². The zero-order chi connectivity index (χ0) is 15.4. The third-order valence-corrected chi connectivity index (χ3v) is 4.12. The van der Waals surface area contributed by atoms with Crippen LogP contribution in [0.4, 0.5) is 5.13 Å². The molecule has 1 heterocycles. The number of hydrogen-bond acceptors (Lipinski definition) is 5. The number of rotatable bonds is 7. The maximum absolute atomic E-state index is 11.9. The normalized spacial score (nSPS) is 14.3. The van der Waals surface area contributed by atoms with Crippen LogP contribution in [0.5, 0.6) is 0 Å². The highest BCUT2D eigenvalue weighted by Gasteiger charge is 2.26. The second-order valence-electron chi connectivity index (χ2n) is 6.04. The highest BCUT2D eigenvalue weighted by Crippen LogP contribution is 2.32. The van der Waals surface area contributed by atoms with Crippen molar-refractivity contribution < 1.29 is 9.59 Å². The monoisotopic (exact) mass is 310 g/mol. The minimum atomic E-state index is -0.228. The molecule has 0 bridgehead atoms. The molecule has 2 amide bonds. The Bertz CT molecular complexity index is 511. The lowest BCUT2D eigenvalue weighted by Crippen LogP contribution is -2.35. The van der Waals surface area contributed by atoms with Gasteiger partial charge in [0.25, 0.3) is 0 Å². The van der Waals surface area contributed by atoms with Gasteiger partial charge in [-0.1, -0.05) is 25.2 Å². The van der Waals surface area contributed by atoms with Crippen LogP contribution in [-0.4, -0.2) is 40.5 Å². The van der Waals surface area contributed by atoms with E-state index in [9.17, 15) is 9.59 Å². The Morgan fingerprint density at radius 1 is 1.38 bits per heavy atom. The minimum absolute atomic E-state index is 0.0328. The smallest absolute Gasteiger partial charge is 0.245 e. The van der Waals surface area contributed by atoms with Crippen LogP contribution < -0.4 is 5.32 Å². The van der Waals surface area contributed by atoms with E-state index in [1.54, 1.807) is 7.05 Å². The highest BCUT2D eigenvalue weighted by molar-refractivity contribution is 7.15. The molecule has 1 aliphatic rings. The lowest BCUT2D eigenvalue weighted by atomic mass is 10.1. The molecule has 7 heteroatoms. The lowest BCUT2D eigenvalue weighted by Gasteiger charge is -2.15. The summed E-state index contributed by atoms with van der Waals surface area (Å²) in [5.74, 6) is 0.844. The first-order chi connectivity index (χ1) is 9.94. The van der Waals surface area contributed by atoms with E-state index in [1.165, 1.54) is 16.2 Å². The molecule has 0 spiro atoms. The van der Waals surface area contributed by atoms with Crippen LogP contribution in [0.1, 0.15) is 38.1 Å². The van der Waals surface area contributed by atoms with Gasteiger partial charge < -0.3 is 4.90 Å². The van der Waals surface area contributed by atoms with E-state index in [2.05, 4.69) is 29.4 Å². The molecule has 0 saturated heterocycles. The van der Waals surface area contributed by atoms with Gasteiger partial charge in [-0.05, 0) is 24.7 Å². The number of carbonyl (C=O) groups is 2. The second kappa shape index (κ2) is 6.98. The zero-order valence-electron chi connectivity index (χ0n) is 12.8. The molecule has 1 saturated carbocycles. The largest absolute Gasteiger partial charge is 0.336 e. The van der Waals surface area contributed by atoms with Gasteiger partial charge in [0.05, 0.1) is 6.54 Å². The van der Waals surface area contributed by atoms with Crippen LogP contribution in [0.2, 0.25) is 0 Å². The summed E-state index contributed by atoms with van der Waals surface area (Å²) in [4.78, 5) is 25.2. The Labute approximate surface area is 128 Å². The zero-order valence-corrected chi connectivity index (χ0v) is 13.6. The van der Waals surface area contributed by atoms with Crippen molar-refractivity contribution in [3.8, 4) is 0 Å². The molecular formula is C14H22N4O2S. The summed E-state index contributed by atoms with van der Waals surface area (Å²) in [6.07, 6.45) is 3.68. The van der Waals surface area contributed by atoms with Crippen LogP contribution >= 0.6 is 11.3 Å². The number of anilines is 1. The van der Waals surface area contributed by atoms with Crippen LogP contribution in [0.15, 0.2) is 0 Å². The second-order valence-corrected chi connectivity index (χ2v) is 7.11. The first-order valence-electron chi connectivity index (χ1n) is 7.30. The molecule has 1 aromatic rings. The third-order valence-electron chi connectivity index (χ3n) is 3.26. The van der Waals surface area contributed by atoms with Gasteiger partial charge in [0.2, 0.25) is 16.9 Å². The summed E-state index contributed by atoms with van der Waals surface area (Å²) >= 11 is 1.39. The number of carbonyl (C=O) groups excluding carboxylic acids is 2. The van der Waals surface area contributed by atoms with Gasteiger partial charge in [0.15, 0.2) is 0 Å². The molecular weight excluding hydrogens is 288 g/mol. The van der Waals surface area contributed by atoms with Crippen LogP contribution in [0.3, 0.4) is 0 Å². The quantitative estimate of drug-likeness (QED) is 0.835. The average molecular weight is 310 g/mol. The molecule has 0 unspecified atom stereocenters. The Balaban J connectivity index is 1.77. The predicted molar refractivity (Wildman–Crippen MR) is 82.1 cm³/mol. The molecule has 0 aliphatic heterocycles. The molecule has 2 rings (SSSR count). The highest BCUT2D eigenvalue weighted by atomic mass is 32.1. The number of aromatic nitrogens is 2. The Kier molecular flexibility index (Phi) is 5.27. The van der Waals surface area contributed by atoms with E-state index >= 15 is 0 Å². The lowest BCUT2D eigenvalue weighted by molar-refractivity contribution is -0.133. The fraction of sp³-hybridized carbons (Fsp3) is 0.714. The summed E-state index contributed by atoms with van der Waals surface area (Å²) in [6, 6.07) is 0. The number of hydrogen-bond donors (Lipinski definition) is 1. The molecule has 116 valence electrons. The van der Waals surface area contributed by atoms with Gasteiger partial charge in [-0.3, -0.25) is 14.9 Å². The summed E-state index contributed by atoms with van der Waals surface area (Å²) in [7, 11) is 1.66. The van der Waals surface area contributed by atoms with Gasteiger partial charge in [0, 0.05) is 19.9 Å². The summed E-state index contributed by atoms with van der Waals surface area (Å²) in [5.41, 5.74) is 0. The predicted octanol–water partition coefficient (Wildman–Crippen LogP) is 1.93. The average Bonchev–Trinajstić information content (AvgIpc) is 3.09. The summed E-state index contributed by atoms with van der Waals surface area (Å²) in [5, 5.41) is 12.1. The van der Waals surface area contributed by atoms with Gasteiger partial charge in [0.1, 0.15) is 5.01 Å². The van der Waals surface area contributed by atoms with Crippen molar-refractivity contribution in [1.82, 2.24) is 15.1 Å². The van der Waals surface area contributed by atoms with Crippen molar-refractivity contribution in [1.29, 1.82) is 0 Å². The number of nitrogens with zero attached hydrogens (tertiary/aromatic N) is 3. The molecule has 1 N–H and O–H groups in total. The van der Waals surface area contributed by atoms with Crippen molar-refractivity contribution in [2.24, 2.45) is 11.8 Å². The maximum Gasteiger partial charge on any atom is 0.245 e. The van der Waals surface area contributed by atoms with Crippen molar-refractivity contribution in [3.63, 3.8) is 0 Å². The molecule has 1 fully saturated rings. The number of likely N-dealkylation sites (N-methyl/N-ethyl adjacent to an activating group) is 1. The standard InChI is InChI=1S/C14H22N4O2S/c1-9(2)6-12-16-17-14(21-12)15-11(19)8-18(3)13(20)7-10-4-5-10/h9-10H,4-8H2,1-3H3,(H,15,17,19). The molecule has 0 aromatic carbocycles. The Morgan fingerprint density at radius 3 is 2.71 bits per heavy atom. The molecule has 0 atom stereocenters. The van der Waals surface area contributed by atoms with Crippen molar-refractivity contribution in [2.45, 2.75) is 39.5 Å². The van der Waals surface area contributed by atoms with E-state index in [4.69, 9.17) is 0 Å². The third kappa shape index (κ3) is 5.41. The molecule has 1 aliphatic carbocycles. The van der Waals surface area contributed by atoms with Gasteiger partial charge in [-0.2, -0.15) is 0 Å². The van der Waals surface area contributed by atoms with E-state index in [0.29, 0.717) is 23.4 Å². The molecule has 0 radical (unpaired) electrons. The first kappa shape index (κ1) is 15.9. The fourth-order valence-electron chi connectivity index (χ4n) is 1.92. The summed E-state index contributed by atoms with van der Waals surface area (Å²) < 4.78 is 0. The van der Waals surface area contributed by atoms with Crippen LogP contribution in [0, 0.1) is 11.8 Å². The van der Waals surface area contributed by atoms with Gasteiger partial charge in [-0.25, -0.2) is 0 Å². The molecule has 21 heavy (non-hydrogen) atoms. The molecule has 1 aromatic heterocycles. The number of nitrogens with one attached hydrogen (secondary N) is 1. The Morgan fingerprint density at radius 2 is 2.10 bits per heavy atom. The fourth-order valence-corrected chi connectivity index (χ4v) is 2.89. The number of amides is 2. The van der Waals surface area contributed by atoms with Gasteiger partial charge in [-0.15, -0.1) is 10.2 Å². The van der Waals surface area contributed by atoms with Crippen molar-refractivity contribution in [3.05, 3.63) is 5.01 Å². The van der Waals surface area contributed by atoms with Crippen molar-refractivity contribution in [2.75, 3.05) is 18.9 Å². The van der Waals surface area contributed by atoms with Gasteiger partial charge >= 0.3 is 0 Å². The SMILES string of the molecule is CC(C)Cc1nnc(NC(=O)CN(C)C(=O)CC2CC2)s1. The van der Waals surface area contributed by atoms with E-state index in [-0.39, 0.29) is 18.4 Å². The van der Waals surface area contributed by atoms with Crippen molar-refractivity contribution >= 4 is 28.3 Å². The van der Waals surface area contributed by atoms with Crippen LogP contribution in [0.25, 0.3) is 0 Å². The van der Waals surface area contributed by atoms with E-state index < -0.39 is 0 Å². The van der Waals surface area contributed by atoms with E-state index in [0.717, 1.165) is 24.3 Å². The van der Waals surface area contributed by atoms with E-state index in [1.807, 2.05) is 0 Å². The first-order valence-corrected chi connectivity index (χ1v) is 8.12. The van der Waals surface area contributed by atoms with Crippen LogP contribution in [-0.2, 0) is 16.0 Å². The Hall–Kier alpha value is -1.50. The molecule has 6 nitrogen and oxygen atoms in total. The maximum atomic E-state index is 11.9. The summed E-state index contributed by atoms with van der Waals surface area (Å²) in [6.45, 7) is 4.28. The minimum Gasteiger partial charge on any atom is -0.336 e.